The molecule has 1 aromatic carbocycles. The van der Waals surface area contributed by atoms with E-state index in [0.717, 1.165) is 6.08 Å². The minimum atomic E-state index is -0.612. The number of methoxy groups -OCH3 is 1. The molecule has 0 amide bonds. The summed E-state index contributed by atoms with van der Waals surface area (Å²) in [6.45, 7) is 0. The molecule has 16 heavy (non-hydrogen) atoms. The number of anilines is 1. The minimum absolute atomic E-state index is 0.0607. The molecule has 0 saturated carbocycles. The lowest BCUT2D eigenvalue weighted by Crippen LogP contribution is -2.24. The lowest BCUT2D eigenvalue weighted by molar-refractivity contribution is -0.136. The average Bonchev–Trinajstić information content (AvgIpc) is 2.30. The highest BCUT2D eigenvalue weighted by molar-refractivity contribution is 6.02. The van der Waals surface area contributed by atoms with Gasteiger partial charge in [0.1, 0.15) is 5.70 Å². The van der Waals surface area contributed by atoms with Gasteiger partial charge in [-0.1, -0.05) is 12.1 Å². The third-order valence-electron chi connectivity index (χ3n) is 2.04. The zero-order chi connectivity index (χ0) is 11.5. The number of nitrogens with one attached hydrogen (secondary N) is 1. The van der Waals surface area contributed by atoms with Crippen LogP contribution in [-0.2, 0) is 14.3 Å². The van der Waals surface area contributed by atoms with Gasteiger partial charge in [0.25, 0.3) is 0 Å². The van der Waals surface area contributed by atoms with E-state index in [1.165, 1.54) is 7.11 Å². The lowest BCUT2D eigenvalue weighted by Gasteiger charge is -2.18. The maximum absolute atomic E-state index is 11.4. The zero-order valence-electron chi connectivity index (χ0n) is 8.52. The van der Waals surface area contributed by atoms with Crippen LogP contribution in [0.25, 0.3) is 0 Å². The van der Waals surface area contributed by atoms with Crippen molar-refractivity contribution in [2.75, 3.05) is 12.4 Å². The van der Waals surface area contributed by atoms with E-state index in [4.69, 9.17) is 4.74 Å². The highest BCUT2D eigenvalue weighted by atomic mass is 16.5. The zero-order valence-corrected chi connectivity index (χ0v) is 8.52. The third-order valence-corrected chi connectivity index (χ3v) is 2.04. The molecule has 1 aliphatic rings. The normalized spacial score (nSPS) is 16.1. The van der Waals surface area contributed by atoms with Crippen molar-refractivity contribution in [3.63, 3.8) is 0 Å². The minimum Gasteiger partial charge on any atom is -0.466 e. The van der Waals surface area contributed by atoms with Crippen LogP contribution in [0.1, 0.15) is 0 Å². The summed E-state index contributed by atoms with van der Waals surface area (Å²) in [5.41, 5.74) is 0.697. The molecule has 0 aliphatic carbocycles. The van der Waals surface area contributed by atoms with Gasteiger partial charge in [0, 0.05) is 0 Å². The molecular formula is C11H9NO4. The number of carbonyl (C=O) groups excluding carboxylic acids is 2. The van der Waals surface area contributed by atoms with Crippen LogP contribution in [-0.4, -0.2) is 19.0 Å². The number of benzene rings is 1. The molecule has 1 aliphatic heterocycles. The second-order valence-corrected chi connectivity index (χ2v) is 3.09. The predicted molar refractivity (Wildman–Crippen MR) is 55.8 cm³/mol. The Labute approximate surface area is 91.7 Å². The molecular weight excluding hydrogens is 210 g/mol. The van der Waals surface area contributed by atoms with Crippen molar-refractivity contribution in [2.24, 2.45) is 0 Å². The number of hydrogen-bond donors (Lipinski definition) is 1. The molecule has 0 aromatic heterocycles. The number of rotatable bonds is 1. The van der Waals surface area contributed by atoms with Crippen LogP contribution >= 0.6 is 0 Å². The molecule has 0 radical (unpaired) electrons. The molecule has 0 spiro atoms. The second-order valence-electron chi connectivity index (χ2n) is 3.09. The summed E-state index contributed by atoms with van der Waals surface area (Å²) in [6.07, 6.45) is 1.05. The Bertz CT molecular complexity index is 479. The molecule has 1 N–H and O–H groups in total. The molecule has 0 unspecified atom stereocenters. The van der Waals surface area contributed by atoms with Crippen LogP contribution < -0.4 is 10.1 Å². The van der Waals surface area contributed by atoms with E-state index < -0.39 is 11.9 Å². The third kappa shape index (κ3) is 1.88. The first kappa shape index (κ1) is 10.2. The number of ether oxygens (including phenoxy) is 2. The average molecular weight is 219 g/mol. The summed E-state index contributed by atoms with van der Waals surface area (Å²) >= 11 is 0. The second kappa shape index (κ2) is 4.06. The van der Waals surface area contributed by atoms with Gasteiger partial charge in [-0.05, 0) is 12.1 Å². The van der Waals surface area contributed by atoms with Crippen LogP contribution in [0.4, 0.5) is 5.69 Å². The van der Waals surface area contributed by atoms with Gasteiger partial charge in [-0.3, -0.25) is 0 Å². The van der Waals surface area contributed by atoms with Crippen molar-refractivity contribution in [1.82, 2.24) is 0 Å². The van der Waals surface area contributed by atoms with Gasteiger partial charge in [-0.25, -0.2) is 9.59 Å². The number of fused-ring (bicyclic) bond motifs is 1. The highest BCUT2D eigenvalue weighted by Gasteiger charge is 2.22. The summed E-state index contributed by atoms with van der Waals surface area (Å²) in [6, 6.07) is 6.95. The van der Waals surface area contributed by atoms with Gasteiger partial charge in [0.05, 0.1) is 18.9 Å². The van der Waals surface area contributed by atoms with Crippen LogP contribution in [0.3, 0.4) is 0 Å². The van der Waals surface area contributed by atoms with Crippen LogP contribution in [0.2, 0.25) is 0 Å². The molecule has 1 aromatic rings. The molecule has 82 valence electrons. The summed E-state index contributed by atoms with van der Waals surface area (Å²) in [7, 11) is 1.24. The number of hydrogen-bond acceptors (Lipinski definition) is 5. The largest absolute Gasteiger partial charge is 0.466 e. The monoisotopic (exact) mass is 219 g/mol. The van der Waals surface area contributed by atoms with Crippen LogP contribution in [0, 0.1) is 0 Å². The van der Waals surface area contributed by atoms with Gasteiger partial charge in [-0.2, -0.15) is 0 Å². The predicted octanol–water partition coefficient (Wildman–Crippen LogP) is 1.07. The van der Waals surface area contributed by atoms with Crippen molar-refractivity contribution in [1.29, 1.82) is 0 Å². The Morgan fingerprint density at radius 2 is 2.19 bits per heavy atom. The summed E-state index contributed by atoms with van der Waals surface area (Å²) in [4.78, 5) is 22.4. The molecule has 0 atom stereocenters. The lowest BCUT2D eigenvalue weighted by atomic mass is 10.2. The Balaban J connectivity index is 2.31. The molecule has 2 rings (SSSR count). The van der Waals surface area contributed by atoms with Crippen molar-refractivity contribution in [3.8, 4) is 5.75 Å². The van der Waals surface area contributed by atoms with Gasteiger partial charge in [0.15, 0.2) is 5.75 Å². The van der Waals surface area contributed by atoms with Gasteiger partial charge in [0.2, 0.25) is 0 Å². The van der Waals surface area contributed by atoms with Crippen LogP contribution in [0.5, 0.6) is 5.75 Å². The van der Waals surface area contributed by atoms with Gasteiger partial charge >= 0.3 is 11.9 Å². The first-order valence-corrected chi connectivity index (χ1v) is 4.58. The maximum atomic E-state index is 11.4. The molecule has 0 bridgehead atoms. The van der Waals surface area contributed by atoms with Gasteiger partial charge in [-0.15, -0.1) is 0 Å². The summed E-state index contributed by atoms with van der Waals surface area (Å²) in [5, 5.41) is 2.80. The SMILES string of the molecule is COC(=O)C=C1Nc2ccccc2OC1=O. The Morgan fingerprint density at radius 3 is 2.94 bits per heavy atom. The number of esters is 2. The van der Waals surface area contributed by atoms with Crippen molar-refractivity contribution in [3.05, 3.63) is 36.0 Å². The van der Waals surface area contributed by atoms with Crippen molar-refractivity contribution < 1.29 is 19.1 Å². The first-order chi connectivity index (χ1) is 7.70. The molecule has 1 heterocycles. The summed E-state index contributed by atoms with van der Waals surface area (Å²) < 4.78 is 9.44. The Hall–Kier alpha value is -2.30. The van der Waals surface area contributed by atoms with Gasteiger partial charge < -0.3 is 14.8 Å². The fraction of sp³-hybridized carbons (Fsp3) is 0.0909. The quantitative estimate of drug-likeness (QED) is 0.435. The fourth-order valence-electron chi connectivity index (χ4n) is 1.28. The Kier molecular flexibility index (Phi) is 2.59. The van der Waals surface area contributed by atoms with Crippen molar-refractivity contribution >= 4 is 17.6 Å². The number of para-hydroxylation sites is 2. The number of carbonyl (C=O) groups is 2. The summed E-state index contributed by atoms with van der Waals surface area (Å²) in [5.74, 6) is -0.780. The Morgan fingerprint density at radius 1 is 1.44 bits per heavy atom. The van der Waals surface area contributed by atoms with E-state index in [1.54, 1.807) is 24.3 Å². The van der Waals surface area contributed by atoms with Crippen LogP contribution in [0.15, 0.2) is 36.0 Å². The molecule has 0 saturated heterocycles. The van der Waals surface area contributed by atoms with E-state index in [9.17, 15) is 9.59 Å². The van der Waals surface area contributed by atoms with E-state index in [0.29, 0.717) is 11.4 Å². The fourth-order valence-corrected chi connectivity index (χ4v) is 1.28. The van der Waals surface area contributed by atoms with E-state index in [-0.39, 0.29) is 5.70 Å². The smallest absolute Gasteiger partial charge is 0.360 e. The van der Waals surface area contributed by atoms with E-state index >= 15 is 0 Å². The topological polar surface area (TPSA) is 64.6 Å². The standard InChI is InChI=1S/C11H9NO4/c1-15-10(13)6-8-11(14)16-9-5-3-2-4-7(9)12-8/h2-6,12H,1H3. The highest BCUT2D eigenvalue weighted by Crippen LogP contribution is 2.29. The molecule has 5 heteroatoms. The first-order valence-electron chi connectivity index (χ1n) is 4.58. The maximum Gasteiger partial charge on any atom is 0.360 e. The molecule has 0 fully saturated rings. The van der Waals surface area contributed by atoms with E-state index in [2.05, 4.69) is 10.1 Å². The van der Waals surface area contributed by atoms with E-state index in [1.807, 2.05) is 0 Å². The molecule has 5 nitrogen and oxygen atoms in total. The van der Waals surface area contributed by atoms with Crippen molar-refractivity contribution in [2.45, 2.75) is 0 Å².